The Kier molecular flexibility index (Phi) is 4.42. The van der Waals surface area contributed by atoms with Crippen molar-refractivity contribution in [1.82, 2.24) is 0 Å². The van der Waals surface area contributed by atoms with E-state index in [4.69, 9.17) is 5.11 Å². The maximum absolute atomic E-state index is 11.9. The molecule has 2 unspecified atom stereocenters. The lowest BCUT2D eigenvalue weighted by molar-refractivity contribution is -0.134. The average molecular weight is 244 g/mol. The number of hydrogen-bond donors (Lipinski definition) is 1. The summed E-state index contributed by atoms with van der Waals surface area (Å²) in [6.07, 6.45) is 2.63. The van der Waals surface area contributed by atoms with E-state index >= 15 is 0 Å². The summed E-state index contributed by atoms with van der Waals surface area (Å²) >= 11 is 1.38. The minimum Gasteiger partial charge on any atom is -0.481 e. The molecule has 1 aliphatic rings. The van der Waals surface area contributed by atoms with Crippen LogP contribution in [0.5, 0.6) is 0 Å². The number of rotatable bonds is 4. The van der Waals surface area contributed by atoms with E-state index < -0.39 is 5.97 Å². The first-order chi connectivity index (χ1) is 7.33. The van der Waals surface area contributed by atoms with Gasteiger partial charge in [-0.05, 0) is 32.6 Å². The standard InChI is InChI=1S/C12H20O3S/c1-8-4-5-9(10(13)6-8)12(2,3)16-7-11(14)15/h8-9H,4-7H2,1-3H3,(H,14,15). The zero-order chi connectivity index (χ0) is 12.3. The van der Waals surface area contributed by atoms with Crippen LogP contribution >= 0.6 is 11.8 Å². The Morgan fingerprint density at radius 1 is 1.50 bits per heavy atom. The number of carbonyl (C=O) groups is 2. The van der Waals surface area contributed by atoms with Gasteiger partial charge in [0, 0.05) is 17.1 Å². The Morgan fingerprint density at radius 3 is 2.62 bits per heavy atom. The van der Waals surface area contributed by atoms with Gasteiger partial charge >= 0.3 is 5.97 Å². The highest BCUT2D eigenvalue weighted by Gasteiger charge is 2.38. The van der Waals surface area contributed by atoms with Crippen LogP contribution in [-0.4, -0.2) is 27.4 Å². The largest absolute Gasteiger partial charge is 0.481 e. The summed E-state index contributed by atoms with van der Waals surface area (Å²) in [6, 6.07) is 0. The highest BCUT2D eigenvalue weighted by Crippen LogP contribution is 2.40. The number of ketones is 1. The Hall–Kier alpha value is -0.510. The molecule has 3 nitrogen and oxygen atoms in total. The van der Waals surface area contributed by atoms with Gasteiger partial charge in [-0.25, -0.2) is 0 Å². The van der Waals surface area contributed by atoms with Crippen LogP contribution in [0, 0.1) is 11.8 Å². The van der Waals surface area contributed by atoms with Gasteiger partial charge in [-0.1, -0.05) is 6.92 Å². The van der Waals surface area contributed by atoms with Crippen molar-refractivity contribution in [2.45, 2.75) is 44.8 Å². The predicted octanol–water partition coefficient (Wildman–Crippen LogP) is 2.59. The van der Waals surface area contributed by atoms with Crippen molar-refractivity contribution in [2.75, 3.05) is 5.75 Å². The van der Waals surface area contributed by atoms with Crippen LogP contribution in [0.3, 0.4) is 0 Å². The molecule has 4 heteroatoms. The first kappa shape index (κ1) is 13.6. The lowest BCUT2D eigenvalue weighted by Gasteiger charge is -2.36. The SMILES string of the molecule is CC1CCC(C(C)(C)SCC(=O)O)C(=O)C1. The van der Waals surface area contributed by atoms with Gasteiger partial charge in [-0.2, -0.15) is 0 Å². The molecule has 1 fully saturated rings. The molecule has 1 rings (SSSR count). The molecule has 0 amide bonds. The smallest absolute Gasteiger partial charge is 0.313 e. The van der Waals surface area contributed by atoms with Crippen molar-refractivity contribution in [3.05, 3.63) is 0 Å². The number of Topliss-reactive ketones (excluding diaryl/α,β-unsaturated/α-hetero) is 1. The highest BCUT2D eigenvalue weighted by molar-refractivity contribution is 8.01. The number of aliphatic carboxylic acids is 1. The Balaban J connectivity index is 2.60. The Morgan fingerprint density at radius 2 is 2.12 bits per heavy atom. The van der Waals surface area contributed by atoms with Crippen LogP contribution < -0.4 is 0 Å². The molecule has 0 aromatic carbocycles. The summed E-state index contributed by atoms with van der Waals surface area (Å²) in [5, 5.41) is 8.68. The van der Waals surface area contributed by atoms with Crippen molar-refractivity contribution in [2.24, 2.45) is 11.8 Å². The van der Waals surface area contributed by atoms with Crippen LogP contribution in [0.4, 0.5) is 0 Å². The molecule has 1 N–H and O–H groups in total. The normalized spacial score (nSPS) is 26.8. The predicted molar refractivity (Wildman–Crippen MR) is 65.7 cm³/mol. The molecule has 2 atom stereocenters. The third kappa shape index (κ3) is 3.51. The summed E-state index contributed by atoms with van der Waals surface area (Å²) < 4.78 is -0.254. The third-order valence-corrected chi connectivity index (χ3v) is 4.71. The first-order valence-electron chi connectivity index (χ1n) is 5.71. The number of carbonyl (C=O) groups excluding carboxylic acids is 1. The van der Waals surface area contributed by atoms with Crippen LogP contribution in [0.25, 0.3) is 0 Å². The van der Waals surface area contributed by atoms with Crippen LogP contribution in [0.2, 0.25) is 0 Å². The van der Waals surface area contributed by atoms with E-state index in [9.17, 15) is 9.59 Å². The summed E-state index contributed by atoms with van der Waals surface area (Å²) in [7, 11) is 0. The lowest BCUT2D eigenvalue weighted by Crippen LogP contribution is -2.38. The topological polar surface area (TPSA) is 54.4 Å². The van der Waals surface area contributed by atoms with E-state index in [-0.39, 0.29) is 16.4 Å². The van der Waals surface area contributed by atoms with Crippen molar-refractivity contribution in [3.63, 3.8) is 0 Å². The van der Waals surface area contributed by atoms with Crippen molar-refractivity contribution in [1.29, 1.82) is 0 Å². The second-order valence-electron chi connectivity index (χ2n) is 5.19. The molecule has 0 aromatic heterocycles. The van der Waals surface area contributed by atoms with Crippen molar-refractivity contribution in [3.8, 4) is 0 Å². The first-order valence-corrected chi connectivity index (χ1v) is 6.70. The maximum Gasteiger partial charge on any atom is 0.313 e. The fourth-order valence-electron chi connectivity index (χ4n) is 2.28. The van der Waals surface area contributed by atoms with Crippen LogP contribution in [0.15, 0.2) is 0 Å². The van der Waals surface area contributed by atoms with Gasteiger partial charge < -0.3 is 5.11 Å². The molecule has 0 bridgehead atoms. The van der Waals surface area contributed by atoms with Crippen LogP contribution in [0.1, 0.15) is 40.0 Å². The molecule has 0 saturated heterocycles. The van der Waals surface area contributed by atoms with Gasteiger partial charge in [-0.3, -0.25) is 9.59 Å². The zero-order valence-electron chi connectivity index (χ0n) is 10.2. The number of hydrogen-bond acceptors (Lipinski definition) is 3. The van der Waals surface area contributed by atoms with Crippen molar-refractivity contribution >= 4 is 23.5 Å². The average Bonchev–Trinajstić information content (AvgIpc) is 2.14. The molecular formula is C12H20O3S. The molecule has 16 heavy (non-hydrogen) atoms. The van der Waals surface area contributed by atoms with E-state index in [1.807, 2.05) is 13.8 Å². The number of carboxylic acid groups (broad SMARTS) is 1. The number of carboxylic acids is 1. The molecule has 0 aliphatic heterocycles. The summed E-state index contributed by atoms with van der Waals surface area (Å²) in [5.41, 5.74) is 0. The second-order valence-corrected chi connectivity index (χ2v) is 6.82. The van der Waals surface area contributed by atoms with E-state index in [0.717, 1.165) is 12.8 Å². The zero-order valence-corrected chi connectivity index (χ0v) is 11.0. The third-order valence-electron chi connectivity index (χ3n) is 3.29. The van der Waals surface area contributed by atoms with Gasteiger partial charge in [0.05, 0.1) is 5.75 Å². The van der Waals surface area contributed by atoms with E-state index in [0.29, 0.717) is 18.1 Å². The molecular weight excluding hydrogens is 224 g/mol. The Bertz CT molecular complexity index is 286. The van der Waals surface area contributed by atoms with Crippen LogP contribution in [-0.2, 0) is 9.59 Å². The fourth-order valence-corrected chi connectivity index (χ4v) is 3.23. The maximum atomic E-state index is 11.9. The van der Waals surface area contributed by atoms with Gasteiger partial charge in [0.15, 0.2) is 0 Å². The summed E-state index contributed by atoms with van der Waals surface area (Å²) in [5.74, 6) is 0.0835. The minimum absolute atomic E-state index is 0.0213. The van der Waals surface area contributed by atoms with E-state index in [2.05, 4.69) is 6.92 Å². The molecule has 1 aliphatic carbocycles. The minimum atomic E-state index is -0.810. The molecule has 0 radical (unpaired) electrons. The van der Waals surface area contributed by atoms with Gasteiger partial charge in [0.1, 0.15) is 5.78 Å². The molecule has 1 saturated carbocycles. The van der Waals surface area contributed by atoms with Gasteiger partial charge in [-0.15, -0.1) is 11.8 Å². The fraction of sp³-hybridized carbons (Fsp3) is 0.833. The van der Waals surface area contributed by atoms with E-state index in [1.54, 1.807) is 0 Å². The summed E-state index contributed by atoms with van der Waals surface area (Å²) in [4.78, 5) is 22.5. The monoisotopic (exact) mass is 244 g/mol. The lowest BCUT2D eigenvalue weighted by atomic mass is 9.76. The van der Waals surface area contributed by atoms with Gasteiger partial charge in [0.25, 0.3) is 0 Å². The van der Waals surface area contributed by atoms with Gasteiger partial charge in [0.2, 0.25) is 0 Å². The molecule has 0 spiro atoms. The highest BCUT2D eigenvalue weighted by atomic mass is 32.2. The van der Waals surface area contributed by atoms with Crippen molar-refractivity contribution < 1.29 is 14.7 Å². The molecule has 0 heterocycles. The Labute approximate surface area is 101 Å². The van der Waals surface area contributed by atoms with E-state index in [1.165, 1.54) is 11.8 Å². The quantitative estimate of drug-likeness (QED) is 0.826. The second kappa shape index (κ2) is 5.21. The molecule has 92 valence electrons. The summed E-state index contributed by atoms with van der Waals surface area (Å²) in [6.45, 7) is 6.07. The molecule has 0 aromatic rings. The number of thioether (sulfide) groups is 1.